The molecular weight excluding hydrogens is 140 g/mol. The Balaban J connectivity index is 3.85. The summed E-state index contributed by atoms with van der Waals surface area (Å²) in [6, 6.07) is -1.09. The van der Waals surface area contributed by atoms with Crippen LogP contribution in [0.15, 0.2) is 0 Å². The summed E-state index contributed by atoms with van der Waals surface area (Å²) in [5.74, 6) is -3.28. The molecule has 0 bridgehead atoms. The van der Waals surface area contributed by atoms with Crippen molar-refractivity contribution in [2.45, 2.75) is 32.7 Å². The van der Waals surface area contributed by atoms with Crippen molar-refractivity contribution >= 4 is 5.91 Å². The van der Waals surface area contributed by atoms with Gasteiger partial charge < -0.3 is 5.32 Å². The monoisotopic (exact) mass is 151 g/mol. The molecule has 0 aliphatic heterocycles. The van der Waals surface area contributed by atoms with Crippen LogP contribution < -0.4 is 5.32 Å². The van der Waals surface area contributed by atoms with Crippen molar-refractivity contribution in [1.82, 2.24) is 5.32 Å². The molecule has 0 saturated carbocycles. The van der Waals surface area contributed by atoms with Crippen LogP contribution >= 0.6 is 0 Å². The Morgan fingerprint density at radius 1 is 1.60 bits per heavy atom. The minimum Gasteiger partial charge on any atom is -0.348 e. The molecule has 0 aromatic heterocycles. The second-order valence-electron chi connectivity index (χ2n) is 2.38. The third-order valence-electron chi connectivity index (χ3n) is 1.18. The number of carbonyl (C=O) groups excluding carboxylic acids is 1. The molecule has 0 aromatic rings. The van der Waals surface area contributed by atoms with Gasteiger partial charge in [0.2, 0.25) is 5.91 Å². The first-order chi connectivity index (χ1) is 4.34. The van der Waals surface area contributed by atoms with Gasteiger partial charge in [-0.2, -0.15) is 0 Å². The first-order valence-corrected chi connectivity index (χ1v) is 2.99. The molecule has 0 heterocycles. The van der Waals surface area contributed by atoms with E-state index in [1.165, 1.54) is 13.8 Å². The molecule has 1 unspecified atom stereocenters. The van der Waals surface area contributed by atoms with Crippen LogP contribution in [0, 0.1) is 0 Å². The van der Waals surface area contributed by atoms with Gasteiger partial charge in [-0.1, -0.05) is 0 Å². The van der Waals surface area contributed by atoms with E-state index in [1.807, 2.05) is 0 Å². The molecule has 0 fully saturated rings. The van der Waals surface area contributed by atoms with E-state index in [9.17, 15) is 13.6 Å². The summed E-state index contributed by atoms with van der Waals surface area (Å²) in [6.45, 7) is 3.25. The Kier molecular flexibility index (Phi) is 2.75. The van der Waals surface area contributed by atoms with E-state index in [1.54, 1.807) is 0 Å². The summed E-state index contributed by atoms with van der Waals surface area (Å²) in [7, 11) is 0. The number of halogens is 2. The molecule has 0 rings (SSSR count). The molecule has 4 heteroatoms. The van der Waals surface area contributed by atoms with E-state index < -0.39 is 17.9 Å². The molecule has 60 valence electrons. The molecule has 0 aliphatic carbocycles. The van der Waals surface area contributed by atoms with E-state index in [0.717, 1.165) is 6.92 Å². The van der Waals surface area contributed by atoms with Gasteiger partial charge in [-0.25, -0.2) is 8.78 Å². The summed E-state index contributed by atoms with van der Waals surface area (Å²) < 4.78 is 24.5. The van der Waals surface area contributed by atoms with Crippen LogP contribution in [0.4, 0.5) is 8.78 Å². The molecule has 1 amide bonds. The highest BCUT2D eigenvalue weighted by atomic mass is 19.3. The molecule has 0 aromatic carbocycles. The molecular formula is C6H11F2NO. The van der Waals surface area contributed by atoms with Crippen molar-refractivity contribution in [3.05, 3.63) is 0 Å². The number of nitrogens with one attached hydrogen (secondary N) is 1. The van der Waals surface area contributed by atoms with Crippen LogP contribution in [0.2, 0.25) is 0 Å². The first kappa shape index (κ1) is 9.33. The van der Waals surface area contributed by atoms with Crippen molar-refractivity contribution in [3.63, 3.8) is 0 Å². The van der Waals surface area contributed by atoms with Crippen molar-refractivity contribution < 1.29 is 13.6 Å². The molecule has 0 radical (unpaired) electrons. The van der Waals surface area contributed by atoms with E-state index >= 15 is 0 Å². The van der Waals surface area contributed by atoms with Crippen molar-refractivity contribution in [2.75, 3.05) is 0 Å². The zero-order valence-corrected chi connectivity index (χ0v) is 6.24. The highest BCUT2D eigenvalue weighted by Gasteiger charge is 2.30. The molecule has 1 atom stereocenters. The fourth-order valence-electron chi connectivity index (χ4n) is 0.432. The zero-order valence-electron chi connectivity index (χ0n) is 6.24. The van der Waals surface area contributed by atoms with Crippen LogP contribution in [0.5, 0.6) is 0 Å². The van der Waals surface area contributed by atoms with E-state index in [-0.39, 0.29) is 0 Å². The van der Waals surface area contributed by atoms with Crippen LogP contribution in [0.25, 0.3) is 0 Å². The van der Waals surface area contributed by atoms with Gasteiger partial charge in [-0.05, 0) is 6.92 Å². The summed E-state index contributed by atoms with van der Waals surface area (Å²) in [4.78, 5) is 10.3. The second kappa shape index (κ2) is 2.94. The highest BCUT2D eigenvalue weighted by molar-refractivity contribution is 5.73. The lowest BCUT2D eigenvalue weighted by Crippen LogP contribution is -2.42. The standard InChI is InChI=1S/C6H11F2NO/c1-4(6(3,7)8)9-5(2)10/h4H,1-3H3,(H,9,10). The Labute approximate surface area is 58.6 Å². The molecule has 2 nitrogen and oxygen atoms in total. The van der Waals surface area contributed by atoms with E-state index in [2.05, 4.69) is 5.32 Å². The Hall–Kier alpha value is -0.670. The van der Waals surface area contributed by atoms with Gasteiger partial charge in [0.25, 0.3) is 5.92 Å². The fourth-order valence-corrected chi connectivity index (χ4v) is 0.432. The maximum absolute atomic E-state index is 12.3. The number of amides is 1. The Morgan fingerprint density at radius 2 is 2.00 bits per heavy atom. The van der Waals surface area contributed by atoms with Gasteiger partial charge >= 0.3 is 0 Å². The maximum Gasteiger partial charge on any atom is 0.264 e. The highest BCUT2D eigenvalue weighted by Crippen LogP contribution is 2.16. The van der Waals surface area contributed by atoms with Gasteiger partial charge in [-0.3, -0.25) is 4.79 Å². The largest absolute Gasteiger partial charge is 0.348 e. The Bertz CT molecular complexity index is 130. The lowest BCUT2D eigenvalue weighted by Gasteiger charge is -2.19. The lowest BCUT2D eigenvalue weighted by atomic mass is 10.2. The average Bonchev–Trinajstić information content (AvgIpc) is 1.60. The van der Waals surface area contributed by atoms with Crippen molar-refractivity contribution in [2.24, 2.45) is 0 Å². The van der Waals surface area contributed by atoms with E-state index in [0.29, 0.717) is 0 Å². The lowest BCUT2D eigenvalue weighted by molar-refractivity contribution is -0.122. The SMILES string of the molecule is CC(=O)NC(C)C(C)(F)F. The second-order valence-corrected chi connectivity index (χ2v) is 2.38. The van der Waals surface area contributed by atoms with Gasteiger partial charge in [0.1, 0.15) is 0 Å². The third-order valence-corrected chi connectivity index (χ3v) is 1.18. The predicted octanol–water partition coefficient (Wildman–Crippen LogP) is 1.17. The van der Waals surface area contributed by atoms with Gasteiger partial charge in [0.05, 0.1) is 6.04 Å². The van der Waals surface area contributed by atoms with Crippen LogP contribution in [0.1, 0.15) is 20.8 Å². The van der Waals surface area contributed by atoms with Gasteiger partial charge in [0, 0.05) is 13.8 Å². The zero-order chi connectivity index (χ0) is 8.36. The molecule has 0 spiro atoms. The molecule has 1 N–H and O–H groups in total. The third kappa shape index (κ3) is 3.37. The topological polar surface area (TPSA) is 29.1 Å². The summed E-state index contributed by atoms with van der Waals surface area (Å²) in [6.07, 6.45) is 0. The number of alkyl halides is 2. The summed E-state index contributed by atoms with van der Waals surface area (Å²) in [5, 5.41) is 2.09. The Morgan fingerprint density at radius 3 is 2.10 bits per heavy atom. The predicted molar refractivity (Wildman–Crippen MR) is 33.9 cm³/mol. The van der Waals surface area contributed by atoms with Crippen LogP contribution in [-0.2, 0) is 4.79 Å². The number of hydrogen-bond acceptors (Lipinski definition) is 1. The number of rotatable bonds is 2. The number of hydrogen-bond donors (Lipinski definition) is 1. The number of carbonyl (C=O) groups is 1. The summed E-state index contributed by atoms with van der Waals surface area (Å²) >= 11 is 0. The van der Waals surface area contributed by atoms with Crippen molar-refractivity contribution in [1.29, 1.82) is 0 Å². The van der Waals surface area contributed by atoms with E-state index in [4.69, 9.17) is 0 Å². The van der Waals surface area contributed by atoms with Gasteiger partial charge in [0.15, 0.2) is 0 Å². The molecule has 0 saturated heterocycles. The first-order valence-electron chi connectivity index (χ1n) is 2.99. The summed E-state index contributed by atoms with van der Waals surface area (Å²) in [5.41, 5.74) is 0. The quantitative estimate of drug-likeness (QED) is 0.630. The molecule has 0 aliphatic rings. The normalized spacial score (nSPS) is 14.5. The smallest absolute Gasteiger partial charge is 0.264 e. The van der Waals surface area contributed by atoms with Crippen LogP contribution in [-0.4, -0.2) is 17.9 Å². The van der Waals surface area contributed by atoms with Crippen LogP contribution in [0.3, 0.4) is 0 Å². The molecule has 10 heavy (non-hydrogen) atoms. The minimum atomic E-state index is -2.84. The average molecular weight is 151 g/mol. The minimum absolute atomic E-state index is 0.436. The van der Waals surface area contributed by atoms with Crippen molar-refractivity contribution in [3.8, 4) is 0 Å². The fraction of sp³-hybridized carbons (Fsp3) is 0.833. The van der Waals surface area contributed by atoms with Gasteiger partial charge in [-0.15, -0.1) is 0 Å². The maximum atomic E-state index is 12.3.